The molecular formula is C20H15F3N2O4. The number of benzene rings is 2. The lowest BCUT2D eigenvalue weighted by atomic mass is 10.1. The number of rotatable bonds is 4. The monoisotopic (exact) mass is 404 g/mol. The van der Waals surface area contributed by atoms with E-state index in [4.69, 9.17) is 4.74 Å². The minimum Gasteiger partial charge on any atom is -0.449 e. The maximum Gasteiger partial charge on any atom is 0.416 e. The van der Waals surface area contributed by atoms with E-state index in [0.29, 0.717) is 10.9 Å². The molecule has 0 spiro atoms. The maximum atomic E-state index is 12.8. The van der Waals surface area contributed by atoms with Crippen LogP contribution in [0.2, 0.25) is 0 Å². The van der Waals surface area contributed by atoms with Crippen LogP contribution < -0.4 is 10.9 Å². The molecule has 1 atom stereocenters. The van der Waals surface area contributed by atoms with Gasteiger partial charge in [0, 0.05) is 22.7 Å². The molecule has 0 aliphatic heterocycles. The highest BCUT2D eigenvalue weighted by Crippen LogP contribution is 2.30. The zero-order valence-corrected chi connectivity index (χ0v) is 15.0. The van der Waals surface area contributed by atoms with Crippen molar-refractivity contribution < 1.29 is 27.5 Å². The van der Waals surface area contributed by atoms with E-state index in [2.05, 4.69) is 10.3 Å². The fraction of sp³-hybridized carbons (Fsp3) is 0.150. The van der Waals surface area contributed by atoms with Gasteiger partial charge in [-0.3, -0.25) is 9.59 Å². The number of para-hydroxylation sites is 1. The largest absolute Gasteiger partial charge is 0.449 e. The Morgan fingerprint density at radius 3 is 2.52 bits per heavy atom. The molecule has 9 heteroatoms. The van der Waals surface area contributed by atoms with Gasteiger partial charge in [0.25, 0.3) is 5.91 Å². The second-order valence-electron chi connectivity index (χ2n) is 6.21. The van der Waals surface area contributed by atoms with Gasteiger partial charge in [-0.05, 0) is 31.2 Å². The van der Waals surface area contributed by atoms with E-state index < -0.39 is 35.3 Å². The molecule has 1 heterocycles. The summed E-state index contributed by atoms with van der Waals surface area (Å²) in [6.45, 7) is 1.27. The summed E-state index contributed by atoms with van der Waals surface area (Å²) >= 11 is 0. The Balaban J connectivity index is 1.75. The van der Waals surface area contributed by atoms with E-state index in [1.807, 2.05) is 0 Å². The van der Waals surface area contributed by atoms with Crippen molar-refractivity contribution in [3.05, 3.63) is 76.1 Å². The lowest BCUT2D eigenvalue weighted by Crippen LogP contribution is -2.30. The number of nitrogens with one attached hydrogen (secondary N) is 2. The summed E-state index contributed by atoms with van der Waals surface area (Å²) in [5, 5.41) is 2.71. The van der Waals surface area contributed by atoms with Crippen molar-refractivity contribution in [2.75, 3.05) is 5.32 Å². The summed E-state index contributed by atoms with van der Waals surface area (Å²) in [5.41, 5.74) is -1.13. The van der Waals surface area contributed by atoms with Gasteiger partial charge in [-0.2, -0.15) is 13.2 Å². The Hall–Kier alpha value is -3.62. The average Bonchev–Trinajstić information content (AvgIpc) is 2.66. The first-order valence-electron chi connectivity index (χ1n) is 8.46. The standard InChI is InChI=1S/C20H15F3N2O4/c1-11(18(27)24-13-6-4-5-12(9-13)20(21,22)23)29-19(28)15-10-17(26)25-16-8-3-2-7-14(15)16/h2-11H,1H3,(H,24,27)(H,25,26). The Bertz CT molecular complexity index is 1140. The van der Waals surface area contributed by atoms with Crippen molar-refractivity contribution in [2.24, 2.45) is 0 Å². The fourth-order valence-electron chi connectivity index (χ4n) is 2.67. The first kappa shape index (κ1) is 20.1. The topological polar surface area (TPSA) is 88.3 Å². The average molecular weight is 404 g/mol. The number of aromatic amines is 1. The van der Waals surface area contributed by atoms with Crippen molar-refractivity contribution in [2.45, 2.75) is 19.2 Å². The molecule has 150 valence electrons. The second-order valence-corrected chi connectivity index (χ2v) is 6.21. The van der Waals surface area contributed by atoms with Crippen molar-refractivity contribution in [1.29, 1.82) is 0 Å². The van der Waals surface area contributed by atoms with Crippen molar-refractivity contribution in [3.8, 4) is 0 Å². The molecule has 0 saturated heterocycles. The van der Waals surface area contributed by atoms with Gasteiger partial charge in [-0.1, -0.05) is 24.3 Å². The number of halogens is 3. The van der Waals surface area contributed by atoms with Gasteiger partial charge in [0.15, 0.2) is 6.10 Å². The number of carbonyl (C=O) groups is 2. The maximum absolute atomic E-state index is 12.8. The molecule has 3 rings (SSSR count). The Labute approximate surface area is 162 Å². The lowest BCUT2D eigenvalue weighted by Gasteiger charge is -2.15. The molecular weight excluding hydrogens is 389 g/mol. The Morgan fingerprint density at radius 2 is 1.79 bits per heavy atom. The number of fused-ring (bicyclic) bond motifs is 1. The lowest BCUT2D eigenvalue weighted by molar-refractivity contribution is -0.137. The highest BCUT2D eigenvalue weighted by Gasteiger charge is 2.30. The van der Waals surface area contributed by atoms with Crippen LogP contribution in [0.25, 0.3) is 10.9 Å². The summed E-state index contributed by atoms with van der Waals surface area (Å²) in [4.78, 5) is 39.0. The summed E-state index contributed by atoms with van der Waals surface area (Å²) in [5.74, 6) is -1.72. The van der Waals surface area contributed by atoms with E-state index in [-0.39, 0.29) is 11.3 Å². The highest BCUT2D eigenvalue weighted by atomic mass is 19.4. The molecule has 2 aromatic carbocycles. The zero-order valence-electron chi connectivity index (χ0n) is 15.0. The summed E-state index contributed by atoms with van der Waals surface area (Å²) < 4.78 is 43.4. The van der Waals surface area contributed by atoms with Gasteiger partial charge < -0.3 is 15.0 Å². The molecule has 1 aromatic heterocycles. The van der Waals surface area contributed by atoms with Crippen LogP contribution in [-0.4, -0.2) is 23.0 Å². The number of pyridine rings is 1. The van der Waals surface area contributed by atoms with Crippen molar-refractivity contribution >= 4 is 28.5 Å². The zero-order chi connectivity index (χ0) is 21.2. The van der Waals surface area contributed by atoms with Crippen LogP contribution in [-0.2, 0) is 15.7 Å². The number of hydrogen-bond acceptors (Lipinski definition) is 4. The molecule has 29 heavy (non-hydrogen) atoms. The minimum atomic E-state index is -4.56. The highest BCUT2D eigenvalue weighted by molar-refractivity contribution is 6.04. The third kappa shape index (κ3) is 4.63. The molecule has 1 unspecified atom stereocenters. The summed E-state index contributed by atoms with van der Waals surface area (Å²) in [6, 6.07) is 11.7. The van der Waals surface area contributed by atoms with Crippen LogP contribution in [0, 0.1) is 0 Å². The fourth-order valence-corrected chi connectivity index (χ4v) is 2.67. The van der Waals surface area contributed by atoms with Crippen LogP contribution in [0.1, 0.15) is 22.8 Å². The SMILES string of the molecule is CC(OC(=O)c1cc(=O)[nH]c2ccccc12)C(=O)Nc1cccc(C(F)(F)F)c1. The van der Waals surface area contributed by atoms with Crippen LogP contribution >= 0.6 is 0 Å². The number of anilines is 1. The molecule has 1 amide bonds. The van der Waals surface area contributed by atoms with Gasteiger partial charge >= 0.3 is 12.1 Å². The second kappa shape index (κ2) is 7.78. The van der Waals surface area contributed by atoms with Gasteiger partial charge in [0.1, 0.15) is 0 Å². The summed E-state index contributed by atoms with van der Waals surface area (Å²) in [6.07, 6.45) is -5.87. The van der Waals surface area contributed by atoms with Crippen LogP contribution in [0.15, 0.2) is 59.4 Å². The van der Waals surface area contributed by atoms with Crippen molar-refractivity contribution in [3.63, 3.8) is 0 Å². The Kier molecular flexibility index (Phi) is 5.40. The molecule has 0 aliphatic carbocycles. The first-order chi connectivity index (χ1) is 13.6. The molecule has 0 radical (unpaired) electrons. The number of aromatic nitrogens is 1. The molecule has 0 bridgehead atoms. The van der Waals surface area contributed by atoms with Crippen LogP contribution in [0.4, 0.5) is 18.9 Å². The smallest absolute Gasteiger partial charge is 0.416 e. The molecule has 0 aliphatic rings. The predicted molar refractivity (Wildman–Crippen MR) is 99.5 cm³/mol. The van der Waals surface area contributed by atoms with E-state index in [1.54, 1.807) is 24.3 Å². The van der Waals surface area contributed by atoms with Gasteiger partial charge in [0.2, 0.25) is 5.56 Å². The quantitative estimate of drug-likeness (QED) is 0.649. The Morgan fingerprint density at radius 1 is 1.07 bits per heavy atom. The minimum absolute atomic E-state index is 0.0249. The third-order valence-corrected chi connectivity index (χ3v) is 4.08. The third-order valence-electron chi connectivity index (χ3n) is 4.08. The number of esters is 1. The van der Waals surface area contributed by atoms with E-state index >= 15 is 0 Å². The molecule has 3 aromatic rings. The number of H-pyrrole nitrogens is 1. The van der Waals surface area contributed by atoms with Crippen LogP contribution in [0.5, 0.6) is 0 Å². The molecule has 0 fully saturated rings. The summed E-state index contributed by atoms with van der Waals surface area (Å²) in [7, 11) is 0. The predicted octanol–water partition coefficient (Wildman–Crippen LogP) is 3.73. The molecule has 2 N–H and O–H groups in total. The van der Waals surface area contributed by atoms with E-state index in [1.165, 1.54) is 13.0 Å². The van der Waals surface area contributed by atoms with Gasteiger partial charge in [0.05, 0.1) is 11.1 Å². The number of ether oxygens (including phenoxy) is 1. The number of hydrogen-bond donors (Lipinski definition) is 2. The molecule has 6 nitrogen and oxygen atoms in total. The number of alkyl halides is 3. The van der Waals surface area contributed by atoms with Gasteiger partial charge in [-0.25, -0.2) is 4.79 Å². The van der Waals surface area contributed by atoms with Crippen molar-refractivity contribution in [1.82, 2.24) is 4.98 Å². The molecule has 0 saturated carbocycles. The first-order valence-corrected chi connectivity index (χ1v) is 8.46. The van der Waals surface area contributed by atoms with E-state index in [0.717, 1.165) is 24.3 Å². The van der Waals surface area contributed by atoms with Crippen LogP contribution in [0.3, 0.4) is 0 Å². The van der Waals surface area contributed by atoms with E-state index in [9.17, 15) is 27.6 Å². The normalized spacial score (nSPS) is 12.4. The van der Waals surface area contributed by atoms with Gasteiger partial charge in [-0.15, -0.1) is 0 Å². The number of carbonyl (C=O) groups excluding carboxylic acids is 2. The number of amides is 1.